The van der Waals surface area contributed by atoms with Gasteiger partial charge in [-0.05, 0) is 32.6 Å². The van der Waals surface area contributed by atoms with E-state index in [4.69, 9.17) is 0 Å². The second-order valence-corrected chi connectivity index (χ2v) is 6.10. The summed E-state index contributed by atoms with van der Waals surface area (Å²) in [5.41, 5.74) is -0.139. The number of carbonyl (C=O) groups is 2. The van der Waals surface area contributed by atoms with Gasteiger partial charge in [0.2, 0.25) is 5.91 Å². The molecule has 2 aliphatic rings. The SMILES string of the molecule is CC1(NC(=O)C2CC=CCC2C(=O)O)CCCCC1. The minimum Gasteiger partial charge on any atom is -0.481 e. The van der Waals surface area contributed by atoms with Crippen molar-refractivity contribution in [3.05, 3.63) is 12.2 Å². The van der Waals surface area contributed by atoms with Gasteiger partial charge in [0.1, 0.15) is 0 Å². The monoisotopic (exact) mass is 265 g/mol. The summed E-state index contributed by atoms with van der Waals surface area (Å²) >= 11 is 0. The minimum atomic E-state index is -0.863. The maximum Gasteiger partial charge on any atom is 0.307 e. The van der Waals surface area contributed by atoms with E-state index in [1.165, 1.54) is 6.42 Å². The van der Waals surface area contributed by atoms with Crippen molar-refractivity contribution in [3.63, 3.8) is 0 Å². The fourth-order valence-electron chi connectivity index (χ4n) is 3.22. The van der Waals surface area contributed by atoms with Crippen LogP contribution in [0.4, 0.5) is 0 Å². The van der Waals surface area contributed by atoms with Crippen LogP contribution in [-0.2, 0) is 9.59 Å². The van der Waals surface area contributed by atoms with Crippen LogP contribution in [-0.4, -0.2) is 22.5 Å². The highest BCUT2D eigenvalue weighted by Crippen LogP contribution is 2.30. The summed E-state index contributed by atoms with van der Waals surface area (Å²) in [6.45, 7) is 2.08. The molecular weight excluding hydrogens is 242 g/mol. The first-order valence-corrected chi connectivity index (χ1v) is 7.22. The lowest BCUT2D eigenvalue weighted by molar-refractivity contribution is -0.147. The number of hydrogen-bond donors (Lipinski definition) is 2. The molecule has 1 fully saturated rings. The first-order valence-electron chi connectivity index (χ1n) is 7.22. The van der Waals surface area contributed by atoms with Crippen molar-refractivity contribution in [2.24, 2.45) is 11.8 Å². The van der Waals surface area contributed by atoms with Crippen molar-refractivity contribution in [1.29, 1.82) is 0 Å². The Morgan fingerprint density at radius 1 is 1.11 bits per heavy atom. The van der Waals surface area contributed by atoms with Crippen LogP contribution in [0.1, 0.15) is 51.9 Å². The Labute approximate surface area is 114 Å². The molecule has 0 spiro atoms. The number of hydrogen-bond acceptors (Lipinski definition) is 2. The van der Waals surface area contributed by atoms with Gasteiger partial charge in [-0.25, -0.2) is 0 Å². The lowest BCUT2D eigenvalue weighted by Gasteiger charge is -2.37. The summed E-state index contributed by atoms with van der Waals surface area (Å²) in [4.78, 5) is 23.6. The van der Waals surface area contributed by atoms with Crippen LogP contribution in [0.15, 0.2) is 12.2 Å². The molecule has 19 heavy (non-hydrogen) atoms. The van der Waals surface area contributed by atoms with E-state index in [1.807, 2.05) is 12.2 Å². The van der Waals surface area contributed by atoms with Crippen LogP contribution < -0.4 is 5.32 Å². The van der Waals surface area contributed by atoms with Crippen LogP contribution in [0.5, 0.6) is 0 Å². The fraction of sp³-hybridized carbons (Fsp3) is 0.733. The third-order valence-electron chi connectivity index (χ3n) is 4.47. The van der Waals surface area contributed by atoms with Gasteiger partial charge >= 0.3 is 5.97 Å². The maximum atomic E-state index is 12.4. The Bertz CT molecular complexity index is 383. The molecule has 1 amide bonds. The summed E-state index contributed by atoms with van der Waals surface area (Å²) in [7, 11) is 0. The van der Waals surface area contributed by atoms with Crippen molar-refractivity contribution in [1.82, 2.24) is 5.32 Å². The highest BCUT2D eigenvalue weighted by molar-refractivity contribution is 5.85. The molecule has 0 bridgehead atoms. The van der Waals surface area contributed by atoms with E-state index in [0.717, 1.165) is 25.7 Å². The number of nitrogens with one attached hydrogen (secondary N) is 1. The second kappa shape index (κ2) is 5.76. The Kier molecular flexibility index (Phi) is 4.27. The van der Waals surface area contributed by atoms with E-state index in [2.05, 4.69) is 12.2 Å². The topological polar surface area (TPSA) is 66.4 Å². The third kappa shape index (κ3) is 3.37. The normalized spacial score (nSPS) is 29.7. The Morgan fingerprint density at radius 2 is 1.68 bits per heavy atom. The van der Waals surface area contributed by atoms with Crippen molar-refractivity contribution >= 4 is 11.9 Å². The summed E-state index contributed by atoms with van der Waals surface area (Å²) in [6.07, 6.45) is 10.3. The van der Waals surface area contributed by atoms with Gasteiger partial charge in [0.15, 0.2) is 0 Å². The fourth-order valence-corrected chi connectivity index (χ4v) is 3.22. The van der Waals surface area contributed by atoms with Gasteiger partial charge in [-0.3, -0.25) is 9.59 Å². The summed E-state index contributed by atoms with van der Waals surface area (Å²) in [6, 6.07) is 0. The van der Waals surface area contributed by atoms with E-state index in [9.17, 15) is 14.7 Å². The molecule has 106 valence electrons. The zero-order valence-corrected chi connectivity index (χ0v) is 11.5. The van der Waals surface area contributed by atoms with Gasteiger partial charge in [0, 0.05) is 5.54 Å². The molecule has 0 saturated heterocycles. The van der Waals surface area contributed by atoms with E-state index >= 15 is 0 Å². The quantitative estimate of drug-likeness (QED) is 0.770. The highest BCUT2D eigenvalue weighted by Gasteiger charge is 2.37. The Morgan fingerprint density at radius 3 is 2.26 bits per heavy atom. The van der Waals surface area contributed by atoms with Gasteiger partial charge in [0.25, 0.3) is 0 Å². The first-order chi connectivity index (χ1) is 9.02. The Balaban J connectivity index is 2.01. The second-order valence-electron chi connectivity index (χ2n) is 6.10. The molecule has 2 N–H and O–H groups in total. The molecular formula is C15H23NO3. The van der Waals surface area contributed by atoms with E-state index < -0.39 is 17.8 Å². The number of rotatable bonds is 3. The van der Waals surface area contributed by atoms with Gasteiger partial charge in [-0.15, -0.1) is 0 Å². The largest absolute Gasteiger partial charge is 0.481 e. The number of carbonyl (C=O) groups excluding carboxylic acids is 1. The Hall–Kier alpha value is -1.32. The molecule has 2 rings (SSSR count). The van der Waals surface area contributed by atoms with Crippen molar-refractivity contribution in [2.75, 3.05) is 0 Å². The molecule has 2 aliphatic carbocycles. The molecule has 0 aromatic carbocycles. The van der Waals surface area contributed by atoms with Crippen molar-refractivity contribution in [2.45, 2.75) is 57.4 Å². The molecule has 0 aliphatic heterocycles. The maximum absolute atomic E-state index is 12.4. The average Bonchev–Trinajstić information content (AvgIpc) is 2.39. The summed E-state index contributed by atoms with van der Waals surface area (Å²) in [5, 5.41) is 12.3. The lowest BCUT2D eigenvalue weighted by atomic mass is 9.79. The van der Waals surface area contributed by atoms with Gasteiger partial charge in [-0.2, -0.15) is 0 Å². The number of carboxylic acids is 1. The standard InChI is InChI=1S/C15H23NO3/c1-15(9-5-2-6-10-15)16-13(17)11-7-3-4-8-12(11)14(18)19/h3-4,11-12H,2,5-10H2,1H3,(H,16,17)(H,18,19). The van der Waals surface area contributed by atoms with Crippen LogP contribution in [0.2, 0.25) is 0 Å². The molecule has 0 heterocycles. The first kappa shape index (κ1) is 14.1. The predicted octanol–water partition coefficient (Wildman–Crippen LogP) is 2.49. The van der Waals surface area contributed by atoms with Crippen LogP contribution in [0, 0.1) is 11.8 Å². The summed E-state index contributed by atoms with van der Waals surface area (Å²) < 4.78 is 0. The minimum absolute atomic E-state index is 0.0823. The van der Waals surface area contributed by atoms with Crippen molar-refractivity contribution in [3.8, 4) is 0 Å². The number of amides is 1. The van der Waals surface area contributed by atoms with Gasteiger partial charge in [0.05, 0.1) is 11.8 Å². The zero-order valence-electron chi connectivity index (χ0n) is 11.5. The average molecular weight is 265 g/mol. The molecule has 4 nitrogen and oxygen atoms in total. The molecule has 2 unspecified atom stereocenters. The molecule has 2 atom stereocenters. The number of carboxylic acid groups (broad SMARTS) is 1. The molecule has 0 aromatic rings. The third-order valence-corrected chi connectivity index (χ3v) is 4.47. The number of aliphatic carboxylic acids is 1. The lowest BCUT2D eigenvalue weighted by Crippen LogP contribution is -2.51. The van der Waals surface area contributed by atoms with E-state index in [-0.39, 0.29) is 11.4 Å². The molecule has 0 aromatic heterocycles. The highest BCUT2D eigenvalue weighted by atomic mass is 16.4. The summed E-state index contributed by atoms with van der Waals surface area (Å²) in [5.74, 6) is -1.93. The number of allylic oxidation sites excluding steroid dienone is 2. The van der Waals surface area contributed by atoms with E-state index in [1.54, 1.807) is 0 Å². The molecule has 0 radical (unpaired) electrons. The van der Waals surface area contributed by atoms with Crippen LogP contribution in [0.25, 0.3) is 0 Å². The predicted molar refractivity (Wildman–Crippen MR) is 72.6 cm³/mol. The van der Waals surface area contributed by atoms with E-state index in [0.29, 0.717) is 12.8 Å². The van der Waals surface area contributed by atoms with Gasteiger partial charge < -0.3 is 10.4 Å². The zero-order chi connectivity index (χ0) is 13.9. The molecule has 4 heteroatoms. The van der Waals surface area contributed by atoms with Gasteiger partial charge in [-0.1, -0.05) is 31.4 Å². The van der Waals surface area contributed by atoms with Crippen LogP contribution in [0.3, 0.4) is 0 Å². The van der Waals surface area contributed by atoms with Crippen molar-refractivity contribution < 1.29 is 14.7 Å². The van der Waals surface area contributed by atoms with Crippen LogP contribution >= 0.6 is 0 Å². The smallest absolute Gasteiger partial charge is 0.307 e. The molecule has 1 saturated carbocycles.